The molecule has 0 spiro atoms. The summed E-state index contributed by atoms with van der Waals surface area (Å²) in [5.74, 6) is 0.847. The van der Waals surface area contributed by atoms with Gasteiger partial charge in [-0.2, -0.15) is 0 Å². The average molecular weight is 393 g/mol. The van der Waals surface area contributed by atoms with Crippen LogP contribution in [0.5, 0.6) is 5.75 Å². The summed E-state index contributed by atoms with van der Waals surface area (Å²) in [5, 5.41) is 3.04. The maximum atomic E-state index is 12.4. The van der Waals surface area contributed by atoms with Gasteiger partial charge in [-0.15, -0.1) is 0 Å². The van der Waals surface area contributed by atoms with Gasteiger partial charge in [-0.3, -0.25) is 4.90 Å². The van der Waals surface area contributed by atoms with Gasteiger partial charge in [0.25, 0.3) is 0 Å². The van der Waals surface area contributed by atoms with Gasteiger partial charge >= 0.3 is 6.03 Å². The first-order valence-corrected chi connectivity index (χ1v) is 10.0. The minimum atomic E-state index is 0.0213. The second-order valence-corrected chi connectivity index (χ2v) is 7.27. The Hall–Kier alpha value is -3.06. The topological polar surface area (TPSA) is 62.1 Å². The van der Waals surface area contributed by atoms with Crippen LogP contribution in [-0.4, -0.2) is 65.0 Å². The Morgan fingerprint density at radius 2 is 1.90 bits per heavy atom. The number of nitrogens with zero attached hydrogens (tertiary/aromatic N) is 4. The number of amides is 2. The summed E-state index contributed by atoms with van der Waals surface area (Å²) >= 11 is 0. The first kappa shape index (κ1) is 19.3. The lowest BCUT2D eigenvalue weighted by atomic mass is 10.1. The molecule has 1 N–H and O–H groups in total. The lowest BCUT2D eigenvalue weighted by Gasteiger charge is -2.34. The van der Waals surface area contributed by atoms with Gasteiger partial charge in [-0.25, -0.2) is 9.78 Å². The third-order valence-electron chi connectivity index (χ3n) is 5.39. The van der Waals surface area contributed by atoms with Crippen LogP contribution in [0.25, 0.3) is 5.65 Å². The van der Waals surface area contributed by atoms with Crippen molar-refractivity contribution in [1.82, 2.24) is 24.5 Å². The highest BCUT2D eigenvalue weighted by atomic mass is 16.5. The molecule has 0 bridgehead atoms. The van der Waals surface area contributed by atoms with E-state index in [0.29, 0.717) is 6.54 Å². The molecule has 1 saturated heterocycles. The van der Waals surface area contributed by atoms with Crippen molar-refractivity contribution in [1.29, 1.82) is 0 Å². The zero-order valence-corrected chi connectivity index (χ0v) is 16.8. The van der Waals surface area contributed by atoms with E-state index in [0.717, 1.165) is 50.5 Å². The smallest absolute Gasteiger partial charge is 0.317 e. The Morgan fingerprint density at radius 3 is 2.66 bits per heavy atom. The van der Waals surface area contributed by atoms with E-state index in [1.54, 1.807) is 7.11 Å². The van der Waals surface area contributed by atoms with Gasteiger partial charge in [-0.05, 0) is 36.2 Å². The lowest BCUT2D eigenvalue weighted by molar-refractivity contribution is 0.134. The van der Waals surface area contributed by atoms with Crippen molar-refractivity contribution in [3.63, 3.8) is 0 Å². The summed E-state index contributed by atoms with van der Waals surface area (Å²) in [6, 6.07) is 14.0. The van der Waals surface area contributed by atoms with E-state index in [1.807, 2.05) is 59.8 Å². The van der Waals surface area contributed by atoms with E-state index >= 15 is 0 Å². The normalized spacial score (nSPS) is 14.9. The summed E-state index contributed by atoms with van der Waals surface area (Å²) < 4.78 is 7.29. The van der Waals surface area contributed by atoms with Crippen LogP contribution in [0.15, 0.2) is 54.9 Å². The van der Waals surface area contributed by atoms with Gasteiger partial charge in [0.2, 0.25) is 0 Å². The number of rotatable bonds is 6. The number of carbonyl (C=O) groups is 1. The number of fused-ring (bicyclic) bond motifs is 1. The molecule has 7 heteroatoms. The molecule has 0 saturated carbocycles. The van der Waals surface area contributed by atoms with Crippen LogP contribution in [0.3, 0.4) is 0 Å². The fourth-order valence-electron chi connectivity index (χ4n) is 3.66. The molecule has 0 atom stereocenters. The van der Waals surface area contributed by atoms with Crippen molar-refractivity contribution < 1.29 is 9.53 Å². The van der Waals surface area contributed by atoms with Crippen molar-refractivity contribution in [2.24, 2.45) is 0 Å². The number of piperazine rings is 1. The third-order valence-corrected chi connectivity index (χ3v) is 5.39. The molecule has 4 rings (SSSR count). The van der Waals surface area contributed by atoms with Gasteiger partial charge in [0, 0.05) is 45.5 Å². The quantitative estimate of drug-likeness (QED) is 0.699. The number of pyridine rings is 1. The van der Waals surface area contributed by atoms with E-state index in [2.05, 4.69) is 19.6 Å². The highest BCUT2D eigenvalue weighted by molar-refractivity contribution is 5.74. The van der Waals surface area contributed by atoms with Crippen LogP contribution >= 0.6 is 0 Å². The molecule has 1 aromatic carbocycles. The van der Waals surface area contributed by atoms with E-state index in [-0.39, 0.29) is 6.03 Å². The molecule has 0 radical (unpaired) electrons. The van der Waals surface area contributed by atoms with Crippen molar-refractivity contribution >= 4 is 11.7 Å². The monoisotopic (exact) mass is 393 g/mol. The van der Waals surface area contributed by atoms with Crippen molar-refractivity contribution in [2.45, 2.75) is 13.0 Å². The Balaban J connectivity index is 1.21. The predicted octanol–water partition coefficient (Wildman–Crippen LogP) is 2.41. The maximum absolute atomic E-state index is 12.4. The number of methoxy groups -OCH3 is 1. The summed E-state index contributed by atoms with van der Waals surface area (Å²) in [4.78, 5) is 21.2. The number of carbonyl (C=O) groups excluding carboxylic acids is 1. The fourth-order valence-corrected chi connectivity index (χ4v) is 3.66. The van der Waals surface area contributed by atoms with Crippen molar-refractivity contribution in [2.75, 3.05) is 39.8 Å². The molecule has 1 aliphatic heterocycles. The average Bonchev–Trinajstić information content (AvgIpc) is 3.17. The number of hydrogen-bond acceptors (Lipinski definition) is 4. The fraction of sp³-hybridized carbons (Fsp3) is 0.364. The molecule has 0 aliphatic carbocycles. The Kier molecular flexibility index (Phi) is 5.95. The standard InChI is InChI=1S/C22H27N5O2/c1-29-20-7-5-18(6-8-20)9-10-23-22(28)26-14-12-25(13-15-26)17-19-16-24-21-4-2-3-11-27(19)21/h2-8,11,16H,9-10,12-15,17H2,1H3,(H,23,28). The Labute approximate surface area is 170 Å². The number of benzene rings is 1. The van der Waals surface area contributed by atoms with Gasteiger partial charge in [0.1, 0.15) is 11.4 Å². The first-order chi connectivity index (χ1) is 14.2. The molecule has 3 aromatic rings. The van der Waals surface area contributed by atoms with E-state index in [9.17, 15) is 4.79 Å². The first-order valence-electron chi connectivity index (χ1n) is 10.0. The van der Waals surface area contributed by atoms with E-state index in [1.165, 1.54) is 11.3 Å². The van der Waals surface area contributed by atoms with Gasteiger partial charge in [0.05, 0.1) is 19.0 Å². The van der Waals surface area contributed by atoms with Crippen molar-refractivity contribution in [3.8, 4) is 5.75 Å². The minimum Gasteiger partial charge on any atom is -0.497 e. The molecule has 2 aromatic heterocycles. The summed E-state index contributed by atoms with van der Waals surface area (Å²) in [5.41, 5.74) is 3.33. The largest absolute Gasteiger partial charge is 0.497 e. The third kappa shape index (κ3) is 4.68. The van der Waals surface area contributed by atoms with Crippen LogP contribution in [0.2, 0.25) is 0 Å². The van der Waals surface area contributed by atoms with Crippen LogP contribution in [0, 0.1) is 0 Å². The number of imidazole rings is 1. The Morgan fingerprint density at radius 1 is 1.10 bits per heavy atom. The molecule has 1 aliphatic rings. The zero-order chi connectivity index (χ0) is 20.1. The van der Waals surface area contributed by atoms with Crippen LogP contribution in [0.1, 0.15) is 11.3 Å². The Bertz CT molecular complexity index is 945. The molecular weight excluding hydrogens is 366 g/mol. The minimum absolute atomic E-state index is 0.0213. The molecule has 2 amide bonds. The summed E-state index contributed by atoms with van der Waals surface area (Å²) in [7, 11) is 1.66. The summed E-state index contributed by atoms with van der Waals surface area (Å²) in [6.45, 7) is 4.69. The molecular formula is C22H27N5O2. The SMILES string of the molecule is COc1ccc(CCNC(=O)N2CCN(Cc3cnc4ccccn34)CC2)cc1. The number of ether oxygens (including phenoxy) is 1. The van der Waals surface area contributed by atoms with Crippen LogP contribution in [0.4, 0.5) is 4.79 Å². The van der Waals surface area contributed by atoms with Crippen molar-refractivity contribution in [3.05, 3.63) is 66.1 Å². The van der Waals surface area contributed by atoms with Gasteiger partial charge in [-0.1, -0.05) is 18.2 Å². The van der Waals surface area contributed by atoms with Gasteiger partial charge < -0.3 is 19.4 Å². The van der Waals surface area contributed by atoms with Crippen LogP contribution < -0.4 is 10.1 Å². The second-order valence-electron chi connectivity index (χ2n) is 7.27. The molecule has 29 heavy (non-hydrogen) atoms. The number of urea groups is 1. The number of aromatic nitrogens is 2. The predicted molar refractivity (Wildman–Crippen MR) is 112 cm³/mol. The molecule has 0 unspecified atom stereocenters. The zero-order valence-electron chi connectivity index (χ0n) is 16.8. The molecule has 7 nitrogen and oxygen atoms in total. The molecule has 1 fully saturated rings. The highest BCUT2D eigenvalue weighted by Crippen LogP contribution is 2.12. The number of hydrogen-bond donors (Lipinski definition) is 1. The number of nitrogens with one attached hydrogen (secondary N) is 1. The summed E-state index contributed by atoms with van der Waals surface area (Å²) in [6.07, 6.45) is 4.79. The second kappa shape index (κ2) is 8.96. The maximum Gasteiger partial charge on any atom is 0.317 e. The molecule has 152 valence electrons. The highest BCUT2D eigenvalue weighted by Gasteiger charge is 2.21. The molecule has 3 heterocycles. The lowest BCUT2D eigenvalue weighted by Crippen LogP contribution is -2.51. The van der Waals surface area contributed by atoms with Gasteiger partial charge in [0.15, 0.2) is 0 Å². The van der Waals surface area contributed by atoms with E-state index in [4.69, 9.17) is 4.74 Å². The van der Waals surface area contributed by atoms with Crippen LogP contribution in [-0.2, 0) is 13.0 Å². The van der Waals surface area contributed by atoms with E-state index < -0.39 is 0 Å².